The fourth-order valence-electron chi connectivity index (χ4n) is 2.22. The zero-order valence-corrected chi connectivity index (χ0v) is 13.7. The first-order chi connectivity index (χ1) is 11.5. The predicted molar refractivity (Wildman–Crippen MR) is 90.7 cm³/mol. The summed E-state index contributed by atoms with van der Waals surface area (Å²) in [5, 5.41) is 15.8. The molecule has 3 aromatic rings. The van der Waals surface area contributed by atoms with E-state index in [2.05, 4.69) is 10.4 Å². The molecular weight excluding hydrogens is 326 g/mol. The van der Waals surface area contributed by atoms with E-state index in [9.17, 15) is 9.59 Å². The van der Waals surface area contributed by atoms with Crippen LogP contribution in [0.15, 0.2) is 48.7 Å². The number of carboxylic acid groups (broad SMARTS) is 1. The van der Waals surface area contributed by atoms with Gasteiger partial charge in [-0.3, -0.25) is 4.79 Å². The van der Waals surface area contributed by atoms with Gasteiger partial charge in [-0.05, 0) is 42.8 Å². The molecule has 0 aliphatic rings. The van der Waals surface area contributed by atoms with Crippen LogP contribution in [0.2, 0.25) is 0 Å². The lowest BCUT2D eigenvalue weighted by atomic mass is 10.2. The molecule has 0 saturated carbocycles. The molecule has 0 radical (unpaired) electrons. The molecule has 0 saturated heterocycles. The molecule has 2 heterocycles. The van der Waals surface area contributed by atoms with Crippen LogP contribution in [0.25, 0.3) is 5.69 Å². The fraction of sp³-hybridized carbons (Fsp3) is 0.118. The van der Waals surface area contributed by atoms with Gasteiger partial charge in [-0.2, -0.15) is 5.10 Å². The van der Waals surface area contributed by atoms with E-state index in [1.165, 1.54) is 22.1 Å². The van der Waals surface area contributed by atoms with Crippen molar-refractivity contribution >= 4 is 23.2 Å². The van der Waals surface area contributed by atoms with Crippen LogP contribution in [0.1, 0.15) is 30.6 Å². The van der Waals surface area contributed by atoms with Crippen LogP contribution in [0.5, 0.6) is 0 Å². The van der Waals surface area contributed by atoms with Crippen molar-refractivity contribution < 1.29 is 14.7 Å². The highest BCUT2D eigenvalue weighted by Crippen LogP contribution is 2.15. The lowest BCUT2D eigenvalue weighted by Gasteiger charge is -2.07. The molecule has 0 atom stereocenters. The van der Waals surface area contributed by atoms with Crippen molar-refractivity contribution in [3.8, 4) is 5.69 Å². The number of aromatic carboxylic acids is 1. The maximum Gasteiger partial charge on any atom is 0.356 e. The first kappa shape index (κ1) is 15.9. The lowest BCUT2D eigenvalue weighted by Crippen LogP contribution is -2.21. The second kappa shape index (κ2) is 6.67. The number of nitrogens with one attached hydrogen (secondary N) is 1. The Bertz CT molecular complexity index is 898. The van der Waals surface area contributed by atoms with E-state index in [4.69, 9.17) is 5.11 Å². The molecule has 0 aliphatic heterocycles. The van der Waals surface area contributed by atoms with Gasteiger partial charge < -0.3 is 10.4 Å². The molecule has 24 heavy (non-hydrogen) atoms. The van der Waals surface area contributed by atoms with Crippen molar-refractivity contribution in [3.63, 3.8) is 0 Å². The largest absolute Gasteiger partial charge is 0.476 e. The number of nitrogens with zero attached hydrogens (tertiary/aromatic N) is 2. The Balaban J connectivity index is 1.71. The summed E-state index contributed by atoms with van der Waals surface area (Å²) >= 11 is 1.45. The second-order valence-corrected chi connectivity index (χ2v) is 6.50. The van der Waals surface area contributed by atoms with Crippen LogP contribution >= 0.6 is 11.3 Å². The number of hydrogen-bond donors (Lipinski definition) is 2. The summed E-state index contributed by atoms with van der Waals surface area (Å²) < 4.78 is 1.50. The third kappa shape index (κ3) is 3.52. The van der Waals surface area contributed by atoms with Crippen LogP contribution in [0, 0.1) is 6.92 Å². The van der Waals surface area contributed by atoms with E-state index in [1.54, 1.807) is 6.20 Å². The number of thiophene rings is 1. The highest BCUT2D eigenvalue weighted by Gasteiger charge is 2.09. The number of carbonyl (C=O) groups is 2. The molecular formula is C17H15N3O3S. The smallest absolute Gasteiger partial charge is 0.356 e. The van der Waals surface area contributed by atoms with Gasteiger partial charge in [0, 0.05) is 17.6 Å². The summed E-state index contributed by atoms with van der Waals surface area (Å²) in [6, 6.07) is 12.6. The molecule has 1 amide bonds. The van der Waals surface area contributed by atoms with Crippen LogP contribution in [-0.2, 0) is 6.54 Å². The standard InChI is InChI=1S/C17H15N3O3S/c1-11-5-6-15(24-11)16(21)18-10-12-3-2-4-13(9-12)20-8-7-14(19-20)17(22)23/h2-9H,10H2,1H3,(H,18,21)(H,22,23). The highest BCUT2D eigenvalue weighted by atomic mass is 32.1. The van der Waals surface area contributed by atoms with E-state index < -0.39 is 5.97 Å². The van der Waals surface area contributed by atoms with E-state index in [0.29, 0.717) is 11.4 Å². The summed E-state index contributed by atoms with van der Waals surface area (Å²) in [5.41, 5.74) is 1.63. The zero-order valence-electron chi connectivity index (χ0n) is 12.9. The van der Waals surface area contributed by atoms with E-state index in [0.717, 1.165) is 16.1 Å². The third-order valence-electron chi connectivity index (χ3n) is 3.40. The number of aromatic nitrogens is 2. The van der Waals surface area contributed by atoms with Gasteiger partial charge in [-0.1, -0.05) is 12.1 Å². The van der Waals surface area contributed by atoms with Crippen LogP contribution in [0.3, 0.4) is 0 Å². The summed E-state index contributed by atoms with van der Waals surface area (Å²) in [5.74, 6) is -1.17. The molecule has 0 bridgehead atoms. The molecule has 0 aliphatic carbocycles. The van der Waals surface area contributed by atoms with E-state index >= 15 is 0 Å². The van der Waals surface area contributed by atoms with Crippen LogP contribution in [0.4, 0.5) is 0 Å². The topological polar surface area (TPSA) is 84.2 Å². The predicted octanol–water partition coefficient (Wildman–Crippen LogP) is 2.87. The number of carboxylic acids is 1. The summed E-state index contributed by atoms with van der Waals surface area (Å²) in [7, 11) is 0. The van der Waals surface area contributed by atoms with Gasteiger partial charge in [-0.15, -0.1) is 11.3 Å². The average Bonchev–Trinajstić information content (AvgIpc) is 3.22. The molecule has 3 rings (SSSR count). The van der Waals surface area contributed by atoms with E-state index in [1.807, 2.05) is 43.3 Å². The van der Waals surface area contributed by atoms with Crippen molar-refractivity contribution in [2.24, 2.45) is 0 Å². The normalized spacial score (nSPS) is 10.5. The minimum absolute atomic E-state index is 0.0122. The number of carbonyl (C=O) groups excluding carboxylic acids is 1. The number of aryl methyl sites for hydroxylation is 1. The molecule has 7 heteroatoms. The monoisotopic (exact) mass is 341 g/mol. The Labute approximate surface area is 142 Å². The quantitative estimate of drug-likeness (QED) is 0.747. The molecule has 0 fully saturated rings. The number of rotatable bonds is 5. The third-order valence-corrected chi connectivity index (χ3v) is 4.40. The molecule has 6 nitrogen and oxygen atoms in total. The van der Waals surface area contributed by atoms with Gasteiger partial charge >= 0.3 is 5.97 Å². The second-order valence-electron chi connectivity index (χ2n) is 5.21. The molecule has 0 spiro atoms. The van der Waals surface area contributed by atoms with Crippen molar-refractivity contribution in [1.29, 1.82) is 0 Å². The summed E-state index contributed by atoms with van der Waals surface area (Å²) in [6.45, 7) is 2.34. The molecule has 2 N–H and O–H groups in total. The van der Waals surface area contributed by atoms with Crippen molar-refractivity contribution in [1.82, 2.24) is 15.1 Å². The SMILES string of the molecule is Cc1ccc(C(=O)NCc2cccc(-n3ccc(C(=O)O)n3)c2)s1. The van der Waals surface area contributed by atoms with Gasteiger partial charge in [0.05, 0.1) is 10.6 Å². The van der Waals surface area contributed by atoms with E-state index in [-0.39, 0.29) is 11.6 Å². The van der Waals surface area contributed by atoms with Gasteiger partial charge in [-0.25, -0.2) is 9.48 Å². The van der Waals surface area contributed by atoms with Gasteiger partial charge in [0.25, 0.3) is 5.91 Å². The Morgan fingerprint density at radius 1 is 1.25 bits per heavy atom. The fourth-order valence-corrected chi connectivity index (χ4v) is 3.00. The van der Waals surface area contributed by atoms with Gasteiger partial charge in [0.15, 0.2) is 5.69 Å². The highest BCUT2D eigenvalue weighted by molar-refractivity contribution is 7.13. The minimum atomic E-state index is -1.07. The van der Waals surface area contributed by atoms with Gasteiger partial charge in [0.2, 0.25) is 0 Å². The Morgan fingerprint density at radius 3 is 2.75 bits per heavy atom. The van der Waals surface area contributed by atoms with Crippen LogP contribution in [-0.4, -0.2) is 26.8 Å². The first-order valence-corrected chi connectivity index (χ1v) is 8.07. The summed E-state index contributed by atoms with van der Waals surface area (Å²) in [6.07, 6.45) is 1.59. The molecule has 1 aromatic carbocycles. The Morgan fingerprint density at radius 2 is 2.08 bits per heavy atom. The number of benzene rings is 1. The van der Waals surface area contributed by atoms with Gasteiger partial charge in [0.1, 0.15) is 0 Å². The van der Waals surface area contributed by atoms with Crippen molar-refractivity contribution in [3.05, 3.63) is 69.7 Å². The number of amides is 1. The van der Waals surface area contributed by atoms with Crippen molar-refractivity contribution in [2.75, 3.05) is 0 Å². The Kier molecular flexibility index (Phi) is 4.43. The average molecular weight is 341 g/mol. The summed E-state index contributed by atoms with van der Waals surface area (Å²) in [4.78, 5) is 24.8. The number of hydrogen-bond acceptors (Lipinski definition) is 4. The first-order valence-electron chi connectivity index (χ1n) is 7.26. The maximum absolute atomic E-state index is 12.1. The maximum atomic E-state index is 12.1. The van der Waals surface area contributed by atoms with Crippen LogP contribution < -0.4 is 5.32 Å². The Hall–Kier alpha value is -2.93. The lowest BCUT2D eigenvalue weighted by molar-refractivity contribution is 0.0689. The molecule has 122 valence electrons. The van der Waals surface area contributed by atoms with Crippen molar-refractivity contribution in [2.45, 2.75) is 13.5 Å². The molecule has 2 aromatic heterocycles. The molecule has 0 unspecified atom stereocenters. The minimum Gasteiger partial charge on any atom is -0.476 e. The zero-order chi connectivity index (χ0) is 17.1.